The number of hydrogen-bond donors (Lipinski definition) is 2. The molecule has 0 bridgehead atoms. The zero-order valence-electron chi connectivity index (χ0n) is 10.5. The van der Waals surface area contributed by atoms with E-state index in [1.165, 1.54) is 25.3 Å². The average molecular weight is 512 g/mol. The number of carbonyl (C=O) groups excluding carboxylic acids is 1. The van der Waals surface area contributed by atoms with Gasteiger partial charge in [-0.05, 0) is 31.3 Å². The van der Waals surface area contributed by atoms with Crippen LogP contribution in [-0.4, -0.2) is 24.9 Å². The van der Waals surface area contributed by atoms with E-state index in [9.17, 15) is 9.18 Å². The van der Waals surface area contributed by atoms with Crippen molar-refractivity contribution in [3.8, 4) is 5.75 Å². The number of nitrogens with one attached hydrogen (secondary N) is 2. The molecular formula is C11H15FN2O3SU. The van der Waals surface area contributed by atoms with Crippen LogP contribution in [0.25, 0.3) is 0 Å². The summed E-state index contributed by atoms with van der Waals surface area (Å²) in [6.07, 6.45) is -0.676. The van der Waals surface area contributed by atoms with Crippen LogP contribution in [0.5, 0.6) is 5.75 Å². The number of carbonyl (C=O) groups is 1. The summed E-state index contributed by atoms with van der Waals surface area (Å²) in [7, 11) is 1.44. The molecule has 0 aliphatic heterocycles. The van der Waals surface area contributed by atoms with E-state index < -0.39 is 11.9 Å². The summed E-state index contributed by atoms with van der Waals surface area (Å²) in [5, 5.41) is 4.92. The van der Waals surface area contributed by atoms with Crippen LogP contribution < -0.4 is 15.4 Å². The van der Waals surface area contributed by atoms with Crippen molar-refractivity contribution in [2.75, 3.05) is 19.0 Å². The van der Waals surface area contributed by atoms with Crippen molar-refractivity contribution in [1.82, 2.24) is 5.32 Å². The van der Waals surface area contributed by atoms with E-state index in [0.717, 1.165) is 0 Å². The summed E-state index contributed by atoms with van der Waals surface area (Å²) in [4.78, 5) is 11.1. The number of methoxy groups -OCH3 is 1. The molecule has 0 heterocycles. The molecule has 19 heavy (non-hydrogen) atoms. The van der Waals surface area contributed by atoms with Crippen LogP contribution in [0, 0.1) is 36.9 Å². The summed E-state index contributed by atoms with van der Waals surface area (Å²) >= 11 is 4.88. The fraction of sp³-hybridized carbons (Fsp3) is 0.273. The third-order valence-electron chi connectivity index (χ3n) is 1.90. The zero-order valence-corrected chi connectivity index (χ0v) is 15.4. The van der Waals surface area contributed by atoms with Crippen LogP contribution >= 0.6 is 12.2 Å². The summed E-state index contributed by atoms with van der Waals surface area (Å²) < 4.78 is 22.7. The quantitative estimate of drug-likeness (QED) is 0.610. The first-order valence-electron chi connectivity index (χ1n) is 5.15. The van der Waals surface area contributed by atoms with Gasteiger partial charge in [-0.3, -0.25) is 5.32 Å². The number of hydrogen-bond acceptors (Lipinski definition) is 4. The Balaban J connectivity index is 0. The normalized spacial score (nSPS) is 9.00. The van der Waals surface area contributed by atoms with E-state index in [-0.39, 0.29) is 44.3 Å². The zero-order chi connectivity index (χ0) is 13.5. The Bertz CT molecular complexity index is 465. The fourth-order valence-electron chi connectivity index (χ4n) is 1.19. The minimum atomic E-state index is -0.676. The molecule has 0 spiro atoms. The molecule has 5 nitrogen and oxygen atoms in total. The first-order chi connectivity index (χ1) is 8.56. The first kappa shape index (κ1) is 18.2. The topological polar surface area (TPSA) is 59.6 Å². The number of ether oxygens (including phenoxy) is 2. The van der Waals surface area contributed by atoms with Gasteiger partial charge in [-0.1, -0.05) is 0 Å². The Morgan fingerprint density at radius 3 is 2.79 bits per heavy atom. The molecule has 0 fully saturated rings. The standard InChI is InChI=1S/C11H13FN2O3S.U.H2/c1-3-17-11(15)14-10(18)13-8-6-7(12)4-5-9(8)16-2;;/h4-6H,3H2,1-2H3,(H2,13,14,15,18);;1H. The molecule has 0 aromatic heterocycles. The van der Waals surface area contributed by atoms with E-state index in [2.05, 4.69) is 15.4 Å². The molecule has 1 amide bonds. The number of halogens is 1. The number of benzene rings is 1. The number of anilines is 1. The van der Waals surface area contributed by atoms with Crippen LogP contribution in [0.2, 0.25) is 0 Å². The first-order valence-corrected chi connectivity index (χ1v) is 5.56. The maximum Gasteiger partial charge on any atom is 0.413 e. The molecule has 1 aromatic carbocycles. The van der Waals surface area contributed by atoms with Gasteiger partial charge in [0.05, 0.1) is 19.4 Å². The van der Waals surface area contributed by atoms with Gasteiger partial charge in [-0.25, -0.2) is 9.18 Å². The minimum absolute atomic E-state index is 0. The molecule has 2 N–H and O–H groups in total. The summed E-state index contributed by atoms with van der Waals surface area (Å²) in [5.74, 6) is -0.0401. The van der Waals surface area contributed by atoms with Gasteiger partial charge in [0.15, 0.2) is 5.11 Å². The molecule has 0 aliphatic rings. The van der Waals surface area contributed by atoms with Gasteiger partial charge in [-0.2, -0.15) is 0 Å². The molecule has 0 radical (unpaired) electrons. The van der Waals surface area contributed by atoms with E-state index >= 15 is 0 Å². The van der Waals surface area contributed by atoms with E-state index in [1.807, 2.05) is 0 Å². The smallest absolute Gasteiger partial charge is 0.413 e. The second kappa shape index (κ2) is 9.13. The SMILES string of the molecule is CCOC(=O)NC(=S)Nc1cc(F)ccc1OC.[HH].[U]. The Labute approximate surface area is 141 Å². The monoisotopic (exact) mass is 512 g/mol. The molecule has 104 valence electrons. The van der Waals surface area contributed by atoms with Gasteiger partial charge in [-0.15, -0.1) is 0 Å². The molecule has 8 heteroatoms. The van der Waals surface area contributed by atoms with Gasteiger partial charge in [0.1, 0.15) is 11.6 Å². The number of amides is 1. The van der Waals surface area contributed by atoms with Crippen LogP contribution in [0.1, 0.15) is 8.35 Å². The van der Waals surface area contributed by atoms with Crippen molar-refractivity contribution in [3.05, 3.63) is 24.0 Å². The van der Waals surface area contributed by atoms with E-state index in [0.29, 0.717) is 11.4 Å². The molecule has 1 rings (SSSR count). The van der Waals surface area contributed by atoms with E-state index in [1.54, 1.807) is 6.92 Å². The van der Waals surface area contributed by atoms with Gasteiger partial charge >= 0.3 is 6.09 Å². The summed E-state index contributed by atoms with van der Waals surface area (Å²) in [6, 6.07) is 3.91. The molecule has 0 atom stereocenters. The number of thiocarbonyl (C=S) groups is 1. The van der Waals surface area contributed by atoms with Gasteiger partial charge in [0, 0.05) is 38.6 Å². The van der Waals surface area contributed by atoms with Crippen molar-refractivity contribution >= 4 is 29.1 Å². The third-order valence-corrected chi connectivity index (χ3v) is 2.10. The fourth-order valence-corrected chi connectivity index (χ4v) is 1.38. The molecule has 0 saturated carbocycles. The van der Waals surface area contributed by atoms with Gasteiger partial charge < -0.3 is 14.8 Å². The van der Waals surface area contributed by atoms with Gasteiger partial charge in [0.2, 0.25) is 0 Å². The Kier molecular flexibility index (Phi) is 8.72. The largest absolute Gasteiger partial charge is 0.495 e. The second-order valence-electron chi connectivity index (χ2n) is 3.14. The van der Waals surface area contributed by atoms with Crippen molar-refractivity contribution in [2.45, 2.75) is 6.92 Å². The summed E-state index contributed by atoms with van der Waals surface area (Å²) in [5.41, 5.74) is 0.319. The number of rotatable bonds is 3. The maximum atomic E-state index is 13.1. The molecular weight excluding hydrogens is 497 g/mol. The van der Waals surface area contributed by atoms with Crippen LogP contribution in [0.3, 0.4) is 0 Å². The Hall–Kier alpha value is -0.838. The predicted octanol–water partition coefficient (Wildman–Crippen LogP) is 2.52. The van der Waals surface area contributed by atoms with Crippen molar-refractivity contribution < 1.29 is 51.2 Å². The second-order valence-corrected chi connectivity index (χ2v) is 3.55. The maximum absolute atomic E-state index is 13.1. The van der Waals surface area contributed by atoms with Crippen LogP contribution in [0.4, 0.5) is 14.9 Å². The van der Waals surface area contributed by atoms with Crippen molar-refractivity contribution in [3.63, 3.8) is 0 Å². The van der Waals surface area contributed by atoms with Gasteiger partial charge in [0.25, 0.3) is 0 Å². The Morgan fingerprint density at radius 1 is 1.53 bits per heavy atom. The van der Waals surface area contributed by atoms with Crippen molar-refractivity contribution in [2.24, 2.45) is 0 Å². The molecule has 1 aromatic rings. The minimum Gasteiger partial charge on any atom is -0.495 e. The number of alkyl carbamates (subject to hydrolysis) is 1. The Morgan fingerprint density at radius 2 is 2.21 bits per heavy atom. The molecule has 0 saturated heterocycles. The van der Waals surface area contributed by atoms with Crippen LogP contribution in [-0.2, 0) is 4.74 Å². The predicted molar refractivity (Wildman–Crippen MR) is 71.4 cm³/mol. The van der Waals surface area contributed by atoms with Crippen molar-refractivity contribution in [1.29, 1.82) is 0 Å². The summed E-state index contributed by atoms with van der Waals surface area (Å²) in [6.45, 7) is 1.91. The molecule has 0 unspecified atom stereocenters. The van der Waals surface area contributed by atoms with Crippen LogP contribution in [0.15, 0.2) is 18.2 Å². The average Bonchev–Trinajstić information content (AvgIpc) is 2.29. The van der Waals surface area contributed by atoms with E-state index in [4.69, 9.17) is 17.0 Å². The molecule has 0 aliphatic carbocycles. The third kappa shape index (κ3) is 6.23.